The second kappa shape index (κ2) is 4.85. The van der Waals surface area contributed by atoms with Crippen LogP contribution in [0.25, 0.3) is 0 Å². The van der Waals surface area contributed by atoms with E-state index in [-0.39, 0.29) is 11.5 Å². The Hall–Kier alpha value is -1.87. The van der Waals surface area contributed by atoms with Crippen molar-refractivity contribution in [3.05, 3.63) is 40.5 Å². The van der Waals surface area contributed by atoms with Crippen molar-refractivity contribution in [3.8, 4) is 6.07 Å². The lowest BCUT2D eigenvalue weighted by Crippen LogP contribution is -2.57. The second-order valence-corrected chi connectivity index (χ2v) is 6.97. The van der Waals surface area contributed by atoms with Crippen LogP contribution in [0.4, 0.5) is 5.82 Å². The Bertz CT molecular complexity index is 728. The predicted octanol–water partition coefficient (Wildman–Crippen LogP) is 3.04. The van der Waals surface area contributed by atoms with Crippen LogP contribution in [0.5, 0.6) is 0 Å². The van der Waals surface area contributed by atoms with Crippen LogP contribution in [-0.2, 0) is 7.05 Å². The van der Waals surface area contributed by atoms with Gasteiger partial charge in [0.2, 0.25) is 0 Å². The summed E-state index contributed by atoms with van der Waals surface area (Å²) < 4.78 is 2.85. The Morgan fingerprint density at radius 1 is 1.43 bits per heavy atom. The number of halogens is 1. The first-order valence-electron chi connectivity index (χ1n) is 6.73. The SMILES string of the molecule is Cn1ccnc1C1N(c2ncc(Br)cc2C#N)CC1(C)C. The number of nitrogens with zero attached hydrogens (tertiary/aromatic N) is 5. The normalized spacial score (nSPS) is 20.0. The summed E-state index contributed by atoms with van der Waals surface area (Å²) >= 11 is 3.37. The average Bonchev–Trinajstić information content (AvgIpc) is 2.82. The highest BCUT2D eigenvalue weighted by molar-refractivity contribution is 9.10. The molecule has 6 heteroatoms. The molecule has 1 aliphatic heterocycles. The first-order chi connectivity index (χ1) is 9.94. The molecule has 2 aromatic rings. The number of aryl methyl sites for hydroxylation is 1. The third-order valence-corrected chi connectivity index (χ3v) is 4.39. The fourth-order valence-electron chi connectivity index (χ4n) is 3.00. The molecule has 1 saturated heterocycles. The first kappa shape index (κ1) is 14.1. The van der Waals surface area contributed by atoms with Crippen molar-refractivity contribution in [2.45, 2.75) is 19.9 Å². The van der Waals surface area contributed by atoms with E-state index in [1.54, 1.807) is 6.20 Å². The van der Waals surface area contributed by atoms with Gasteiger partial charge in [0.1, 0.15) is 17.7 Å². The van der Waals surface area contributed by atoms with E-state index in [0.717, 1.165) is 22.7 Å². The minimum Gasteiger partial charge on any atom is -0.344 e. The summed E-state index contributed by atoms with van der Waals surface area (Å²) in [6, 6.07) is 4.16. The minimum absolute atomic E-state index is 0.0978. The van der Waals surface area contributed by atoms with E-state index in [0.29, 0.717) is 5.56 Å². The molecule has 1 atom stereocenters. The molecule has 108 valence electrons. The van der Waals surface area contributed by atoms with Gasteiger partial charge in [0, 0.05) is 42.1 Å². The molecule has 1 aliphatic rings. The topological polar surface area (TPSA) is 57.7 Å². The summed E-state index contributed by atoms with van der Waals surface area (Å²) in [7, 11) is 2.00. The van der Waals surface area contributed by atoms with E-state index >= 15 is 0 Å². The largest absolute Gasteiger partial charge is 0.344 e. The van der Waals surface area contributed by atoms with E-state index in [9.17, 15) is 5.26 Å². The van der Waals surface area contributed by atoms with Gasteiger partial charge >= 0.3 is 0 Å². The molecular formula is C15H16BrN5. The Morgan fingerprint density at radius 3 is 2.76 bits per heavy atom. The minimum atomic E-state index is 0.0978. The predicted molar refractivity (Wildman–Crippen MR) is 83.7 cm³/mol. The molecule has 0 amide bonds. The molecule has 3 rings (SSSR count). The van der Waals surface area contributed by atoms with Gasteiger partial charge in [-0.25, -0.2) is 9.97 Å². The van der Waals surface area contributed by atoms with Gasteiger partial charge in [0.25, 0.3) is 0 Å². The zero-order valence-electron chi connectivity index (χ0n) is 12.2. The highest BCUT2D eigenvalue weighted by atomic mass is 79.9. The van der Waals surface area contributed by atoms with Crippen molar-refractivity contribution in [1.82, 2.24) is 14.5 Å². The van der Waals surface area contributed by atoms with E-state index in [2.05, 4.69) is 50.7 Å². The zero-order valence-corrected chi connectivity index (χ0v) is 13.8. The van der Waals surface area contributed by atoms with Crippen LogP contribution in [0.3, 0.4) is 0 Å². The van der Waals surface area contributed by atoms with Crippen LogP contribution in [-0.4, -0.2) is 21.1 Å². The number of anilines is 1. The molecule has 0 bridgehead atoms. The van der Waals surface area contributed by atoms with Gasteiger partial charge < -0.3 is 9.47 Å². The molecule has 0 radical (unpaired) electrons. The molecule has 1 unspecified atom stereocenters. The summed E-state index contributed by atoms with van der Waals surface area (Å²) in [5.74, 6) is 1.73. The van der Waals surface area contributed by atoms with E-state index in [1.807, 2.05) is 30.1 Å². The fourth-order valence-corrected chi connectivity index (χ4v) is 3.33. The van der Waals surface area contributed by atoms with E-state index in [4.69, 9.17) is 0 Å². The molecule has 21 heavy (non-hydrogen) atoms. The Labute approximate surface area is 132 Å². The monoisotopic (exact) mass is 345 g/mol. The van der Waals surface area contributed by atoms with Gasteiger partial charge in [-0.15, -0.1) is 0 Å². The Morgan fingerprint density at radius 2 is 2.19 bits per heavy atom. The van der Waals surface area contributed by atoms with Crippen LogP contribution in [0.1, 0.15) is 31.3 Å². The smallest absolute Gasteiger partial charge is 0.147 e. The summed E-state index contributed by atoms with van der Waals surface area (Å²) in [6.45, 7) is 5.29. The zero-order chi connectivity index (χ0) is 15.2. The van der Waals surface area contributed by atoms with Gasteiger partial charge in [-0.1, -0.05) is 13.8 Å². The molecule has 2 aromatic heterocycles. The molecule has 0 aliphatic carbocycles. The van der Waals surface area contributed by atoms with Crippen LogP contribution < -0.4 is 4.90 Å². The highest BCUT2D eigenvalue weighted by Crippen LogP contribution is 2.50. The number of rotatable bonds is 2. The van der Waals surface area contributed by atoms with Gasteiger partial charge in [-0.2, -0.15) is 5.26 Å². The van der Waals surface area contributed by atoms with Crippen molar-refractivity contribution in [1.29, 1.82) is 5.26 Å². The molecule has 5 nitrogen and oxygen atoms in total. The lowest BCUT2D eigenvalue weighted by molar-refractivity contribution is 0.167. The van der Waals surface area contributed by atoms with Crippen molar-refractivity contribution in [3.63, 3.8) is 0 Å². The van der Waals surface area contributed by atoms with Crippen molar-refractivity contribution in [2.24, 2.45) is 12.5 Å². The molecule has 0 spiro atoms. The molecular weight excluding hydrogens is 330 g/mol. The number of hydrogen-bond donors (Lipinski definition) is 0. The fraction of sp³-hybridized carbons (Fsp3) is 0.400. The van der Waals surface area contributed by atoms with Gasteiger partial charge in [0.05, 0.1) is 11.6 Å². The number of pyridine rings is 1. The quantitative estimate of drug-likeness (QED) is 0.839. The number of imidazole rings is 1. The lowest BCUT2D eigenvalue weighted by atomic mass is 9.74. The maximum Gasteiger partial charge on any atom is 0.147 e. The van der Waals surface area contributed by atoms with Crippen LogP contribution in [0.2, 0.25) is 0 Å². The van der Waals surface area contributed by atoms with Gasteiger partial charge in [-0.05, 0) is 22.0 Å². The summed E-state index contributed by atoms with van der Waals surface area (Å²) in [6.07, 6.45) is 5.49. The molecule has 0 aromatic carbocycles. The Balaban J connectivity index is 2.04. The molecule has 3 heterocycles. The van der Waals surface area contributed by atoms with E-state index < -0.39 is 0 Å². The van der Waals surface area contributed by atoms with Crippen LogP contribution in [0.15, 0.2) is 29.1 Å². The number of nitriles is 1. The molecule has 0 saturated carbocycles. The maximum absolute atomic E-state index is 9.35. The third-order valence-electron chi connectivity index (χ3n) is 3.96. The van der Waals surface area contributed by atoms with Crippen molar-refractivity contribution >= 4 is 21.7 Å². The maximum atomic E-state index is 9.35. The van der Waals surface area contributed by atoms with E-state index in [1.165, 1.54) is 0 Å². The highest BCUT2D eigenvalue weighted by Gasteiger charge is 2.49. The summed E-state index contributed by atoms with van der Waals surface area (Å²) in [4.78, 5) is 11.1. The van der Waals surface area contributed by atoms with Gasteiger partial charge in [-0.3, -0.25) is 0 Å². The second-order valence-electron chi connectivity index (χ2n) is 6.05. The van der Waals surface area contributed by atoms with Crippen molar-refractivity contribution in [2.75, 3.05) is 11.4 Å². The standard InChI is InChI=1S/C15H16BrN5/c1-15(2)9-21(12(15)14-18-4-5-20(14)3)13-10(7-17)6-11(16)8-19-13/h4-6,8,12H,9H2,1-3H3. The third kappa shape index (κ3) is 2.22. The molecule has 0 N–H and O–H groups in total. The van der Waals surface area contributed by atoms with Gasteiger partial charge in [0.15, 0.2) is 0 Å². The lowest BCUT2D eigenvalue weighted by Gasteiger charge is -2.54. The summed E-state index contributed by atoms with van der Waals surface area (Å²) in [5.41, 5.74) is 0.680. The van der Waals surface area contributed by atoms with Crippen LogP contribution >= 0.6 is 15.9 Å². The number of hydrogen-bond acceptors (Lipinski definition) is 4. The van der Waals surface area contributed by atoms with Crippen LogP contribution in [0, 0.1) is 16.7 Å². The average molecular weight is 346 g/mol. The number of aromatic nitrogens is 3. The Kier molecular flexibility index (Phi) is 3.25. The van der Waals surface area contributed by atoms with Crippen molar-refractivity contribution < 1.29 is 0 Å². The first-order valence-corrected chi connectivity index (χ1v) is 7.53. The molecule has 1 fully saturated rings. The summed E-state index contributed by atoms with van der Waals surface area (Å²) in [5, 5.41) is 9.35.